The van der Waals surface area contributed by atoms with Crippen molar-refractivity contribution in [3.63, 3.8) is 0 Å². The number of nitrogens with zero attached hydrogens (tertiary/aromatic N) is 1. The highest BCUT2D eigenvalue weighted by Crippen LogP contribution is 2.24. The van der Waals surface area contributed by atoms with Crippen molar-refractivity contribution in [3.8, 4) is 0 Å². The SMILES string of the molecule is Cc1cc([C@@H](C)C(C)C)cc(C)n1. The lowest BCUT2D eigenvalue weighted by molar-refractivity contribution is 0.534. The first-order valence-corrected chi connectivity index (χ1v) is 4.96. The van der Waals surface area contributed by atoms with Crippen LogP contribution in [-0.2, 0) is 0 Å². The van der Waals surface area contributed by atoms with Crippen LogP contribution in [0, 0.1) is 19.8 Å². The standard InChI is InChI=1S/C12H19N/c1-8(2)11(5)12-6-9(3)13-10(4)7-12/h6-8,11H,1-5H3/t11-/m0/s1. The highest BCUT2D eigenvalue weighted by atomic mass is 14.7. The van der Waals surface area contributed by atoms with E-state index in [1.807, 2.05) is 0 Å². The van der Waals surface area contributed by atoms with Crippen LogP contribution in [0.5, 0.6) is 0 Å². The van der Waals surface area contributed by atoms with E-state index < -0.39 is 0 Å². The lowest BCUT2D eigenvalue weighted by Gasteiger charge is -2.16. The van der Waals surface area contributed by atoms with Crippen LogP contribution in [0.25, 0.3) is 0 Å². The van der Waals surface area contributed by atoms with E-state index >= 15 is 0 Å². The summed E-state index contributed by atoms with van der Waals surface area (Å²) in [6.07, 6.45) is 0. The van der Waals surface area contributed by atoms with Crippen molar-refractivity contribution in [1.29, 1.82) is 0 Å². The van der Waals surface area contributed by atoms with Crippen molar-refractivity contribution in [2.24, 2.45) is 5.92 Å². The molecule has 1 rings (SSSR count). The first kappa shape index (κ1) is 10.2. The maximum atomic E-state index is 4.38. The van der Waals surface area contributed by atoms with Crippen LogP contribution in [0.1, 0.15) is 43.6 Å². The molecule has 0 unspecified atom stereocenters. The molecule has 1 atom stereocenters. The quantitative estimate of drug-likeness (QED) is 0.674. The third kappa shape index (κ3) is 2.55. The molecule has 1 nitrogen and oxygen atoms in total. The molecule has 72 valence electrons. The minimum absolute atomic E-state index is 0.625. The Bertz CT molecular complexity index is 269. The Morgan fingerprint density at radius 2 is 1.46 bits per heavy atom. The van der Waals surface area contributed by atoms with Crippen molar-refractivity contribution >= 4 is 0 Å². The maximum Gasteiger partial charge on any atom is 0.0378 e. The van der Waals surface area contributed by atoms with Crippen LogP contribution in [0.3, 0.4) is 0 Å². The van der Waals surface area contributed by atoms with Gasteiger partial charge in [-0.15, -0.1) is 0 Å². The first-order valence-electron chi connectivity index (χ1n) is 4.96. The van der Waals surface area contributed by atoms with Crippen LogP contribution in [0.15, 0.2) is 12.1 Å². The van der Waals surface area contributed by atoms with Gasteiger partial charge in [-0.05, 0) is 43.4 Å². The topological polar surface area (TPSA) is 12.9 Å². The molecular formula is C12H19N. The fourth-order valence-electron chi connectivity index (χ4n) is 1.51. The molecule has 1 aromatic rings. The molecule has 0 aromatic carbocycles. The van der Waals surface area contributed by atoms with Crippen LogP contribution >= 0.6 is 0 Å². The number of aryl methyl sites for hydroxylation is 2. The third-order valence-corrected chi connectivity index (χ3v) is 2.63. The van der Waals surface area contributed by atoms with Gasteiger partial charge in [0.2, 0.25) is 0 Å². The summed E-state index contributed by atoms with van der Waals surface area (Å²) in [6, 6.07) is 4.38. The van der Waals surface area contributed by atoms with Crippen LogP contribution < -0.4 is 0 Å². The molecule has 0 aliphatic heterocycles. The fraction of sp³-hybridized carbons (Fsp3) is 0.583. The normalized spacial score (nSPS) is 13.4. The number of aromatic nitrogens is 1. The van der Waals surface area contributed by atoms with Gasteiger partial charge in [-0.25, -0.2) is 0 Å². The number of hydrogen-bond acceptors (Lipinski definition) is 1. The zero-order valence-corrected chi connectivity index (χ0v) is 9.26. The van der Waals surface area contributed by atoms with E-state index in [-0.39, 0.29) is 0 Å². The van der Waals surface area contributed by atoms with Gasteiger partial charge in [0.25, 0.3) is 0 Å². The lowest BCUT2D eigenvalue weighted by Crippen LogP contribution is -2.03. The molecule has 0 spiro atoms. The first-order chi connectivity index (χ1) is 6.00. The minimum Gasteiger partial charge on any atom is -0.258 e. The highest BCUT2D eigenvalue weighted by Gasteiger charge is 2.10. The second-order valence-corrected chi connectivity index (χ2v) is 4.22. The lowest BCUT2D eigenvalue weighted by atomic mass is 9.90. The second kappa shape index (κ2) is 3.91. The Labute approximate surface area is 81.2 Å². The van der Waals surface area contributed by atoms with Gasteiger partial charge in [-0.1, -0.05) is 20.8 Å². The smallest absolute Gasteiger partial charge is 0.0378 e. The number of pyridine rings is 1. The van der Waals surface area contributed by atoms with E-state index in [1.54, 1.807) is 0 Å². The largest absolute Gasteiger partial charge is 0.258 e. The van der Waals surface area contributed by atoms with Crippen molar-refractivity contribution < 1.29 is 0 Å². The monoisotopic (exact) mass is 177 g/mol. The predicted octanol–water partition coefficient (Wildman–Crippen LogP) is 3.46. The average Bonchev–Trinajstić information content (AvgIpc) is 2.01. The van der Waals surface area contributed by atoms with Gasteiger partial charge >= 0.3 is 0 Å². The summed E-state index contributed by atoms with van der Waals surface area (Å²) in [6.45, 7) is 10.9. The van der Waals surface area contributed by atoms with Crippen molar-refractivity contribution in [1.82, 2.24) is 4.98 Å². The Morgan fingerprint density at radius 1 is 1.00 bits per heavy atom. The number of hydrogen-bond donors (Lipinski definition) is 0. The molecule has 1 aromatic heterocycles. The van der Waals surface area contributed by atoms with Gasteiger partial charge in [0.15, 0.2) is 0 Å². The van der Waals surface area contributed by atoms with Crippen molar-refractivity contribution in [3.05, 3.63) is 29.1 Å². The summed E-state index contributed by atoms with van der Waals surface area (Å²) in [4.78, 5) is 4.38. The summed E-state index contributed by atoms with van der Waals surface area (Å²) in [5.41, 5.74) is 3.67. The highest BCUT2D eigenvalue weighted by molar-refractivity contribution is 5.23. The van der Waals surface area contributed by atoms with Crippen LogP contribution in [0.4, 0.5) is 0 Å². The van der Waals surface area contributed by atoms with Gasteiger partial charge < -0.3 is 0 Å². The van der Waals surface area contributed by atoms with Crippen LogP contribution in [0.2, 0.25) is 0 Å². The fourth-order valence-corrected chi connectivity index (χ4v) is 1.51. The summed E-state index contributed by atoms with van der Waals surface area (Å²) in [5.74, 6) is 1.32. The Hall–Kier alpha value is -0.850. The molecule has 0 fully saturated rings. The summed E-state index contributed by atoms with van der Waals surface area (Å²) in [5, 5.41) is 0. The Morgan fingerprint density at radius 3 is 1.85 bits per heavy atom. The van der Waals surface area contributed by atoms with Gasteiger partial charge in [-0.2, -0.15) is 0 Å². The Kier molecular flexibility index (Phi) is 3.07. The molecule has 0 bridgehead atoms. The van der Waals surface area contributed by atoms with Gasteiger partial charge in [-0.3, -0.25) is 4.98 Å². The zero-order valence-electron chi connectivity index (χ0n) is 9.26. The van der Waals surface area contributed by atoms with Gasteiger partial charge in [0.05, 0.1) is 0 Å². The van der Waals surface area contributed by atoms with Gasteiger partial charge in [0, 0.05) is 11.4 Å². The van der Waals surface area contributed by atoms with E-state index in [9.17, 15) is 0 Å². The molecule has 0 N–H and O–H groups in total. The van der Waals surface area contributed by atoms with E-state index in [4.69, 9.17) is 0 Å². The molecule has 0 aliphatic rings. The molecular weight excluding hydrogens is 158 g/mol. The molecule has 0 aliphatic carbocycles. The molecule has 1 heteroatoms. The summed E-state index contributed by atoms with van der Waals surface area (Å²) < 4.78 is 0. The maximum absolute atomic E-state index is 4.38. The van der Waals surface area contributed by atoms with Crippen molar-refractivity contribution in [2.75, 3.05) is 0 Å². The molecule has 0 saturated heterocycles. The zero-order chi connectivity index (χ0) is 10.0. The van der Waals surface area contributed by atoms with Gasteiger partial charge in [0.1, 0.15) is 0 Å². The predicted molar refractivity (Wildman–Crippen MR) is 57.0 cm³/mol. The summed E-state index contributed by atoms with van der Waals surface area (Å²) in [7, 11) is 0. The Balaban J connectivity index is 3.01. The van der Waals surface area contributed by atoms with Crippen molar-refractivity contribution in [2.45, 2.75) is 40.5 Å². The summed E-state index contributed by atoms with van der Waals surface area (Å²) >= 11 is 0. The van der Waals surface area contributed by atoms with E-state index in [1.165, 1.54) is 5.56 Å². The van der Waals surface area contributed by atoms with E-state index in [0.29, 0.717) is 11.8 Å². The van der Waals surface area contributed by atoms with Crippen LogP contribution in [-0.4, -0.2) is 4.98 Å². The molecule has 0 radical (unpaired) electrons. The van der Waals surface area contributed by atoms with E-state index in [2.05, 4.69) is 51.7 Å². The second-order valence-electron chi connectivity index (χ2n) is 4.22. The third-order valence-electron chi connectivity index (χ3n) is 2.63. The average molecular weight is 177 g/mol. The van der Waals surface area contributed by atoms with E-state index in [0.717, 1.165) is 11.4 Å². The minimum atomic E-state index is 0.625. The number of rotatable bonds is 2. The molecule has 0 saturated carbocycles. The molecule has 0 amide bonds. The molecule has 13 heavy (non-hydrogen) atoms. The molecule has 1 heterocycles.